The molecular formula is C36H57N3O6. The van der Waals surface area contributed by atoms with Gasteiger partial charge in [-0.3, -0.25) is 0 Å². The lowest BCUT2D eigenvalue weighted by molar-refractivity contribution is 0.0695. The Morgan fingerprint density at radius 2 is 0.556 bits per heavy atom. The van der Waals surface area contributed by atoms with E-state index >= 15 is 0 Å². The van der Waals surface area contributed by atoms with Gasteiger partial charge in [0.25, 0.3) is 0 Å². The fourth-order valence-corrected chi connectivity index (χ4v) is 9.80. The third-order valence-electron chi connectivity index (χ3n) is 11.1. The van der Waals surface area contributed by atoms with Crippen LogP contribution in [0.15, 0.2) is 0 Å². The maximum atomic E-state index is 13.8. The monoisotopic (exact) mass is 627 g/mol. The second-order valence-corrected chi connectivity index (χ2v) is 17.5. The van der Waals surface area contributed by atoms with Gasteiger partial charge in [-0.1, -0.05) is 0 Å². The van der Waals surface area contributed by atoms with E-state index in [0.29, 0.717) is 0 Å². The number of anilines is 3. The highest BCUT2D eigenvalue weighted by Crippen LogP contribution is 2.57. The lowest BCUT2D eigenvalue weighted by Crippen LogP contribution is -2.63. The lowest BCUT2D eigenvalue weighted by Gasteiger charge is -2.59. The molecule has 3 heterocycles. The van der Waals surface area contributed by atoms with Crippen molar-refractivity contribution in [3.05, 3.63) is 16.7 Å². The van der Waals surface area contributed by atoms with Gasteiger partial charge in [0.1, 0.15) is 16.7 Å². The lowest BCUT2D eigenvalue weighted by atomic mass is 9.74. The summed E-state index contributed by atoms with van der Waals surface area (Å²) in [7, 11) is 0. The van der Waals surface area contributed by atoms with Crippen LogP contribution in [0.1, 0.15) is 172 Å². The van der Waals surface area contributed by atoms with Gasteiger partial charge in [0.15, 0.2) is 0 Å². The fourth-order valence-electron chi connectivity index (χ4n) is 9.80. The highest BCUT2D eigenvalue weighted by atomic mass is 16.4. The molecule has 0 aromatic heterocycles. The molecule has 1 aromatic carbocycles. The predicted molar refractivity (Wildman–Crippen MR) is 181 cm³/mol. The molecule has 0 spiro atoms. The van der Waals surface area contributed by atoms with E-state index in [1.54, 1.807) is 0 Å². The number of carboxylic acids is 3. The maximum absolute atomic E-state index is 13.8. The molecule has 3 aliphatic heterocycles. The van der Waals surface area contributed by atoms with Crippen LogP contribution in [0.5, 0.6) is 0 Å². The Bertz CT molecular complexity index is 1170. The van der Waals surface area contributed by atoms with Crippen molar-refractivity contribution in [2.24, 2.45) is 0 Å². The first-order valence-corrected chi connectivity index (χ1v) is 16.7. The molecule has 0 unspecified atom stereocenters. The highest BCUT2D eigenvalue weighted by Gasteiger charge is 2.54. The molecule has 3 saturated heterocycles. The van der Waals surface area contributed by atoms with Gasteiger partial charge in [0, 0.05) is 33.2 Å². The van der Waals surface area contributed by atoms with E-state index in [9.17, 15) is 29.7 Å². The van der Waals surface area contributed by atoms with Crippen LogP contribution in [-0.2, 0) is 0 Å². The quantitative estimate of drug-likeness (QED) is 0.285. The van der Waals surface area contributed by atoms with Crippen LogP contribution in [0.2, 0.25) is 0 Å². The zero-order valence-corrected chi connectivity index (χ0v) is 29.8. The molecule has 0 radical (unpaired) electrons. The standard InChI is InChI=1S/C36H57N3O6/c1-31(2)16-13-17-32(3,4)37(31)25-22(28(40)41)26(38-33(5,6)18-14-19-34(38,7)8)24(30(44)45)27(23(25)29(42)43)39-35(9,10)20-15-21-36(39,11)12/h13-21H2,1-12H3,(H,40,41)(H,42,43)(H,44,45). The SMILES string of the molecule is CC1(C)CCCC(C)(C)N1c1c(C(=O)O)c(N2C(C)(C)CCCC2(C)C)c(C(=O)O)c(N2C(C)(C)CCCC2(C)C)c1C(=O)O. The Labute approximate surface area is 270 Å². The molecule has 252 valence electrons. The molecule has 0 saturated carbocycles. The Morgan fingerprint density at radius 3 is 0.689 bits per heavy atom. The van der Waals surface area contributed by atoms with E-state index in [2.05, 4.69) is 0 Å². The Kier molecular flexibility index (Phi) is 8.37. The Balaban J connectivity index is 2.43. The summed E-state index contributed by atoms with van der Waals surface area (Å²) in [4.78, 5) is 47.5. The number of hydrogen-bond acceptors (Lipinski definition) is 6. The Morgan fingerprint density at radius 1 is 0.400 bits per heavy atom. The molecule has 0 amide bonds. The summed E-state index contributed by atoms with van der Waals surface area (Å²) >= 11 is 0. The van der Waals surface area contributed by atoms with Crippen LogP contribution < -0.4 is 14.7 Å². The number of benzene rings is 1. The molecule has 0 bridgehead atoms. The van der Waals surface area contributed by atoms with Gasteiger partial charge in [0.05, 0.1) is 17.1 Å². The molecular weight excluding hydrogens is 570 g/mol. The van der Waals surface area contributed by atoms with Crippen LogP contribution >= 0.6 is 0 Å². The average Bonchev–Trinajstić information content (AvgIpc) is 2.79. The normalized spacial score (nSPS) is 24.7. The molecule has 0 atom stereocenters. The summed E-state index contributed by atoms with van der Waals surface area (Å²) in [6, 6.07) is 0. The third kappa shape index (κ3) is 5.67. The second-order valence-electron chi connectivity index (χ2n) is 17.5. The van der Waals surface area contributed by atoms with Crippen LogP contribution in [0.3, 0.4) is 0 Å². The van der Waals surface area contributed by atoms with Gasteiger partial charge in [-0.25, -0.2) is 14.4 Å². The molecule has 45 heavy (non-hydrogen) atoms. The smallest absolute Gasteiger partial charge is 0.340 e. The molecule has 3 N–H and O–H groups in total. The van der Waals surface area contributed by atoms with E-state index in [4.69, 9.17) is 0 Å². The summed E-state index contributed by atoms with van der Waals surface area (Å²) in [6.45, 7) is 24.5. The largest absolute Gasteiger partial charge is 0.478 e. The van der Waals surface area contributed by atoms with Crippen LogP contribution in [0.25, 0.3) is 0 Å². The first kappa shape index (κ1) is 34.9. The van der Waals surface area contributed by atoms with Gasteiger partial charge in [-0.2, -0.15) is 0 Å². The highest BCUT2D eigenvalue weighted by molar-refractivity contribution is 6.19. The van der Waals surface area contributed by atoms with Crippen molar-refractivity contribution in [1.29, 1.82) is 0 Å². The number of rotatable bonds is 6. The minimum atomic E-state index is -1.32. The first-order valence-electron chi connectivity index (χ1n) is 16.7. The van der Waals surface area contributed by atoms with Crippen molar-refractivity contribution >= 4 is 35.0 Å². The van der Waals surface area contributed by atoms with Crippen LogP contribution in [0, 0.1) is 0 Å². The molecule has 3 fully saturated rings. The van der Waals surface area contributed by atoms with Crippen molar-refractivity contribution < 1.29 is 29.7 Å². The minimum Gasteiger partial charge on any atom is -0.478 e. The number of nitrogens with zero attached hydrogens (tertiary/aromatic N) is 3. The van der Waals surface area contributed by atoms with Crippen LogP contribution in [-0.4, -0.2) is 66.5 Å². The van der Waals surface area contributed by atoms with Gasteiger partial charge < -0.3 is 30.0 Å². The van der Waals surface area contributed by atoms with E-state index in [1.165, 1.54) is 0 Å². The fraction of sp³-hybridized carbons (Fsp3) is 0.750. The summed E-state index contributed by atoms with van der Waals surface area (Å²) in [5.41, 5.74) is -3.94. The summed E-state index contributed by atoms with van der Waals surface area (Å²) < 4.78 is 0. The topological polar surface area (TPSA) is 122 Å². The summed E-state index contributed by atoms with van der Waals surface area (Å²) in [5.74, 6) is -3.95. The van der Waals surface area contributed by atoms with Crippen molar-refractivity contribution in [3.8, 4) is 0 Å². The maximum Gasteiger partial charge on any atom is 0.340 e. The zero-order valence-electron chi connectivity index (χ0n) is 29.8. The van der Waals surface area contributed by atoms with E-state index in [-0.39, 0.29) is 33.8 Å². The number of piperidine rings is 3. The average molecular weight is 628 g/mol. The zero-order chi connectivity index (χ0) is 34.3. The number of hydrogen-bond donors (Lipinski definition) is 3. The van der Waals surface area contributed by atoms with Crippen molar-refractivity contribution in [2.75, 3.05) is 14.7 Å². The predicted octanol–water partition coefficient (Wildman–Crippen LogP) is 8.42. The third-order valence-corrected chi connectivity index (χ3v) is 11.1. The summed E-state index contributed by atoms with van der Waals surface area (Å²) in [6.07, 6.45) is 7.15. The molecule has 9 heteroatoms. The van der Waals surface area contributed by atoms with Gasteiger partial charge >= 0.3 is 17.9 Å². The molecule has 9 nitrogen and oxygen atoms in total. The van der Waals surface area contributed by atoms with Crippen molar-refractivity contribution in [2.45, 2.75) is 174 Å². The van der Waals surface area contributed by atoms with Crippen molar-refractivity contribution in [1.82, 2.24) is 0 Å². The summed E-state index contributed by atoms with van der Waals surface area (Å²) in [5, 5.41) is 33.8. The molecule has 1 aromatic rings. The first-order chi connectivity index (χ1) is 20.3. The van der Waals surface area contributed by atoms with Gasteiger partial charge in [-0.05, 0) is 141 Å². The minimum absolute atomic E-state index is 0.119. The number of aromatic carboxylic acids is 3. The van der Waals surface area contributed by atoms with Crippen molar-refractivity contribution in [3.63, 3.8) is 0 Å². The Hall–Kier alpha value is -2.97. The second kappa shape index (κ2) is 10.8. The number of carboxylic acid groups (broad SMARTS) is 3. The molecule has 4 rings (SSSR count). The van der Waals surface area contributed by atoms with Crippen LogP contribution in [0.4, 0.5) is 17.1 Å². The van der Waals surface area contributed by atoms with E-state index in [1.807, 2.05) is 97.8 Å². The number of carbonyl (C=O) groups is 3. The van der Waals surface area contributed by atoms with Gasteiger partial charge in [0.2, 0.25) is 0 Å². The molecule has 0 aliphatic carbocycles. The van der Waals surface area contributed by atoms with Gasteiger partial charge in [-0.15, -0.1) is 0 Å². The molecule has 3 aliphatic rings. The van der Waals surface area contributed by atoms with E-state index in [0.717, 1.165) is 57.8 Å². The van der Waals surface area contributed by atoms with E-state index < -0.39 is 51.1 Å².